The van der Waals surface area contributed by atoms with Crippen molar-refractivity contribution < 1.29 is 14.5 Å². The van der Waals surface area contributed by atoms with E-state index in [9.17, 15) is 19.7 Å². The topological polar surface area (TPSA) is 110 Å². The molecule has 26 heavy (non-hydrogen) atoms. The van der Waals surface area contributed by atoms with Crippen LogP contribution in [0.15, 0.2) is 36.5 Å². The highest BCUT2D eigenvalue weighted by atomic mass is 16.6. The third-order valence-electron chi connectivity index (χ3n) is 4.19. The van der Waals surface area contributed by atoms with Gasteiger partial charge in [-0.05, 0) is 36.3 Å². The van der Waals surface area contributed by atoms with E-state index in [-0.39, 0.29) is 18.3 Å². The largest absolute Gasteiger partial charge is 0.389 e. The van der Waals surface area contributed by atoms with Crippen molar-refractivity contribution in [1.82, 2.24) is 14.7 Å². The van der Waals surface area contributed by atoms with Gasteiger partial charge in [-0.2, -0.15) is 4.68 Å². The molecule has 0 radical (unpaired) electrons. The fourth-order valence-electron chi connectivity index (χ4n) is 2.92. The van der Waals surface area contributed by atoms with E-state index >= 15 is 0 Å². The molecule has 1 aromatic heterocycles. The lowest BCUT2D eigenvalue weighted by Gasteiger charge is -2.27. The van der Waals surface area contributed by atoms with E-state index in [4.69, 9.17) is 0 Å². The molecule has 2 aromatic rings. The molecule has 0 saturated carbocycles. The third-order valence-corrected chi connectivity index (χ3v) is 4.19. The number of hydrogen-bond donors (Lipinski definition) is 1. The standard InChI is InChI=1S/C17H19N5O4/c23-16(12-21-11-8-15(19-21)22(25)26)18-14-7-3-2-6-13(14)17(24)20-9-4-1-5-10-20/h2-3,6-8,11H,1,4-5,9-10,12H2,(H,18,23). The summed E-state index contributed by atoms with van der Waals surface area (Å²) < 4.78 is 1.18. The number of para-hydroxylation sites is 1. The van der Waals surface area contributed by atoms with Crippen LogP contribution < -0.4 is 5.32 Å². The monoisotopic (exact) mass is 357 g/mol. The first-order chi connectivity index (χ1) is 12.5. The highest BCUT2D eigenvalue weighted by Crippen LogP contribution is 2.20. The second-order valence-electron chi connectivity index (χ2n) is 6.08. The fraction of sp³-hybridized carbons (Fsp3) is 0.353. The van der Waals surface area contributed by atoms with E-state index < -0.39 is 10.8 Å². The van der Waals surface area contributed by atoms with Crippen molar-refractivity contribution in [3.8, 4) is 0 Å². The van der Waals surface area contributed by atoms with E-state index in [2.05, 4.69) is 10.4 Å². The summed E-state index contributed by atoms with van der Waals surface area (Å²) in [6.07, 6.45) is 4.46. The number of benzene rings is 1. The van der Waals surface area contributed by atoms with Gasteiger partial charge < -0.3 is 20.3 Å². The SMILES string of the molecule is O=C(Cn1ccc([N+](=O)[O-])n1)Nc1ccccc1C(=O)N1CCCCC1. The van der Waals surface area contributed by atoms with Crippen molar-refractivity contribution in [3.05, 3.63) is 52.2 Å². The maximum atomic E-state index is 12.7. The van der Waals surface area contributed by atoms with Crippen LogP contribution in [0.3, 0.4) is 0 Å². The van der Waals surface area contributed by atoms with Gasteiger partial charge in [0.15, 0.2) is 0 Å². The molecule has 2 amide bonds. The van der Waals surface area contributed by atoms with E-state index in [1.54, 1.807) is 29.2 Å². The van der Waals surface area contributed by atoms with Crippen LogP contribution in [0.5, 0.6) is 0 Å². The highest BCUT2D eigenvalue weighted by Gasteiger charge is 2.21. The molecule has 2 heterocycles. The molecule has 0 aliphatic carbocycles. The lowest BCUT2D eigenvalue weighted by atomic mass is 10.1. The molecular weight excluding hydrogens is 338 g/mol. The Labute approximate surface area is 149 Å². The van der Waals surface area contributed by atoms with Gasteiger partial charge in [-0.1, -0.05) is 12.1 Å². The first kappa shape index (κ1) is 17.6. The van der Waals surface area contributed by atoms with Gasteiger partial charge >= 0.3 is 5.82 Å². The summed E-state index contributed by atoms with van der Waals surface area (Å²) in [5.41, 5.74) is 0.865. The number of amides is 2. The minimum absolute atomic E-state index is 0.102. The van der Waals surface area contributed by atoms with Gasteiger partial charge in [0, 0.05) is 13.1 Å². The fourth-order valence-corrected chi connectivity index (χ4v) is 2.92. The number of likely N-dealkylation sites (tertiary alicyclic amines) is 1. The second-order valence-corrected chi connectivity index (χ2v) is 6.08. The minimum atomic E-state index is -0.624. The number of hydrogen-bond acceptors (Lipinski definition) is 5. The molecule has 1 N–H and O–H groups in total. The van der Waals surface area contributed by atoms with Crippen molar-refractivity contribution in [2.24, 2.45) is 0 Å². The quantitative estimate of drug-likeness (QED) is 0.650. The number of nitrogens with one attached hydrogen (secondary N) is 1. The number of piperidine rings is 1. The average Bonchev–Trinajstić information content (AvgIpc) is 3.11. The van der Waals surface area contributed by atoms with Gasteiger partial charge in [0.25, 0.3) is 5.91 Å². The summed E-state index contributed by atoms with van der Waals surface area (Å²) in [5, 5.41) is 17.1. The maximum absolute atomic E-state index is 12.7. The Hall–Kier alpha value is -3.23. The molecule has 0 atom stereocenters. The number of carbonyl (C=O) groups excluding carboxylic acids is 2. The molecule has 0 spiro atoms. The molecule has 9 heteroatoms. The molecule has 1 aromatic carbocycles. The number of nitro groups is 1. The summed E-state index contributed by atoms with van der Waals surface area (Å²) in [5.74, 6) is -0.837. The molecule has 9 nitrogen and oxygen atoms in total. The zero-order chi connectivity index (χ0) is 18.5. The number of nitrogens with zero attached hydrogens (tertiary/aromatic N) is 4. The van der Waals surface area contributed by atoms with Crippen LogP contribution in [-0.4, -0.2) is 44.5 Å². The molecular formula is C17H19N5O4. The van der Waals surface area contributed by atoms with Gasteiger partial charge in [-0.15, -0.1) is 0 Å². The Balaban J connectivity index is 1.69. The number of carbonyl (C=O) groups is 2. The molecule has 3 rings (SSSR count). The van der Waals surface area contributed by atoms with Crippen molar-refractivity contribution in [2.45, 2.75) is 25.8 Å². The zero-order valence-electron chi connectivity index (χ0n) is 14.1. The Morgan fingerprint density at radius 3 is 2.58 bits per heavy atom. The Morgan fingerprint density at radius 2 is 1.88 bits per heavy atom. The van der Waals surface area contributed by atoms with Gasteiger partial charge in [-0.25, -0.2) is 0 Å². The number of aromatic nitrogens is 2. The van der Waals surface area contributed by atoms with Crippen LogP contribution in [0.4, 0.5) is 11.5 Å². The minimum Gasteiger partial charge on any atom is -0.358 e. The van der Waals surface area contributed by atoms with E-state index in [0.717, 1.165) is 32.4 Å². The lowest BCUT2D eigenvalue weighted by molar-refractivity contribution is -0.389. The Kier molecular flexibility index (Phi) is 5.26. The third kappa shape index (κ3) is 4.05. The molecule has 1 saturated heterocycles. The smallest absolute Gasteiger partial charge is 0.358 e. The summed E-state index contributed by atoms with van der Waals surface area (Å²) in [6.45, 7) is 1.26. The second kappa shape index (κ2) is 7.77. The number of rotatable bonds is 5. The van der Waals surface area contributed by atoms with Gasteiger partial charge in [-0.3, -0.25) is 9.59 Å². The zero-order valence-corrected chi connectivity index (χ0v) is 14.1. The molecule has 0 unspecified atom stereocenters. The molecule has 1 aliphatic heterocycles. The molecule has 0 bridgehead atoms. The summed E-state index contributed by atoms with van der Waals surface area (Å²) in [4.78, 5) is 36.8. The van der Waals surface area contributed by atoms with Crippen molar-refractivity contribution in [1.29, 1.82) is 0 Å². The highest BCUT2D eigenvalue weighted by molar-refractivity contribution is 6.03. The van der Waals surface area contributed by atoms with Crippen molar-refractivity contribution >= 4 is 23.3 Å². The summed E-state index contributed by atoms with van der Waals surface area (Å²) in [6, 6.07) is 8.07. The molecule has 136 valence electrons. The van der Waals surface area contributed by atoms with Gasteiger partial charge in [0.05, 0.1) is 28.6 Å². The Bertz CT molecular complexity index is 826. The first-order valence-electron chi connectivity index (χ1n) is 8.40. The summed E-state index contributed by atoms with van der Waals surface area (Å²) >= 11 is 0. The van der Waals surface area contributed by atoms with Crippen LogP contribution in [0.1, 0.15) is 29.6 Å². The van der Waals surface area contributed by atoms with Crippen LogP contribution in [0, 0.1) is 10.1 Å². The predicted molar refractivity (Wildman–Crippen MR) is 93.7 cm³/mol. The normalized spacial score (nSPS) is 14.1. The van der Waals surface area contributed by atoms with Crippen LogP contribution in [0.25, 0.3) is 0 Å². The Morgan fingerprint density at radius 1 is 1.15 bits per heavy atom. The lowest BCUT2D eigenvalue weighted by Crippen LogP contribution is -2.36. The first-order valence-corrected chi connectivity index (χ1v) is 8.40. The molecule has 1 fully saturated rings. The van der Waals surface area contributed by atoms with E-state index in [1.807, 2.05) is 0 Å². The van der Waals surface area contributed by atoms with Crippen LogP contribution in [-0.2, 0) is 11.3 Å². The average molecular weight is 357 g/mol. The van der Waals surface area contributed by atoms with Crippen LogP contribution >= 0.6 is 0 Å². The van der Waals surface area contributed by atoms with Crippen molar-refractivity contribution in [2.75, 3.05) is 18.4 Å². The molecule has 1 aliphatic rings. The van der Waals surface area contributed by atoms with Gasteiger partial charge in [0.1, 0.15) is 6.54 Å². The van der Waals surface area contributed by atoms with Crippen molar-refractivity contribution in [3.63, 3.8) is 0 Å². The van der Waals surface area contributed by atoms with E-state index in [0.29, 0.717) is 11.3 Å². The van der Waals surface area contributed by atoms with Gasteiger partial charge in [0.2, 0.25) is 5.91 Å². The maximum Gasteiger partial charge on any atom is 0.389 e. The van der Waals surface area contributed by atoms with Crippen LogP contribution in [0.2, 0.25) is 0 Å². The van der Waals surface area contributed by atoms with E-state index in [1.165, 1.54) is 16.9 Å². The summed E-state index contributed by atoms with van der Waals surface area (Å²) in [7, 11) is 0. The number of anilines is 1. The predicted octanol–water partition coefficient (Wildman–Crippen LogP) is 2.06.